The number of aromatic amines is 1. The zero-order chi connectivity index (χ0) is 17.8. The molecule has 2 aromatic heterocycles. The van der Waals surface area contributed by atoms with Crippen molar-refractivity contribution in [2.75, 3.05) is 31.6 Å². The van der Waals surface area contributed by atoms with Gasteiger partial charge in [-0.05, 0) is 31.4 Å². The molecule has 134 valence electrons. The third-order valence-corrected chi connectivity index (χ3v) is 4.90. The van der Waals surface area contributed by atoms with Crippen molar-refractivity contribution in [3.05, 3.63) is 29.8 Å². The number of carbonyl (C=O) groups excluding carboxylic acids is 1. The molecule has 1 unspecified atom stereocenters. The van der Waals surface area contributed by atoms with E-state index in [9.17, 15) is 4.79 Å². The number of nitrogens with zero attached hydrogens (tertiary/aromatic N) is 6. The molecule has 0 aliphatic carbocycles. The van der Waals surface area contributed by atoms with Crippen LogP contribution in [0.1, 0.15) is 37.1 Å². The number of tetrazole rings is 1. The Morgan fingerprint density at radius 2 is 2.20 bits per heavy atom. The van der Waals surface area contributed by atoms with Gasteiger partial charge in [-0.25, -0.2) is 0 Å². The summed E-state index contributed by atoms with van der Waals surface area (Å²) in [6.45, 7) is 6.48. The summed E-state index contributed by atoms with van der Waals surface area (Å²) in [4.78, 5) is 21.1. The van der Waals surface area contributed by atoms with Crippen LogP contribution in [0.3, 0.4) is 0 Å². The molecule has 3 heterocycles. The third-order valence-electron chi connectivity index (χ3n) is 4.90. The van der Waals surface area contributed by atoms with Gasteiger partial charge in [0.25, 0.3) is 0 Å². The lowest BCUT2D eigenvalue weighted by molar-refractivity contribution is -0.135. The number of pyridine rings is 1. The molecular weight excluding hydrogens is 318 g/mol. The zero-order valence-corrected chi connectivity index (χ0v) is 15.0. The molecule has 1 atom stereocenters. The van der Waals surface area contributed by atoms with Crippen molar-refractivity contribution in [3.8, 4) is 0 Å². The fourth-order valence-corrected chi connectivity index (χ4v) is 3.46. The summed E-state index contributed by atoms with van der Waals surface area (Å²) in [5.74, 6) is 0.997. The van der Waals surface area contributed by atoms with Crippen LogP contribution in [0.5, 0.6) is 0 Å². The average Bonchev–Trinajstić information content (AvgIpc) is 3.16. The highest BCUT2D eigenvalue weighted by molar-refractivity contribution is 5.79. The Morgan fingerprint density at radius 3 is 2.84 bits per heavy atom. The third kappa shape index (κ3) is 3.94. The smallest absolute Gasteiger partial charge is 0.225 e. The van der Waals surface area contributed by atoms with Crippen molar-refractivity contribution in [3.63, 3.8) is 0 Å². The van der Waals surface area contributed by atoms with Crippen molar-refractivity contribution >= 4 is 11.6 Å². The predicted molar refractivity (Wildman–Crippen MR) is 94.1 cm³/mol. The SMILES string of the molecule is Cc1cnccc1N1CCC(C(=O)N(C)CC(C)c2nn[nH]n2)CC1. The van der Waals surface area contributed by atoms with Crippen LogP contribution in [0, 0.1) is 12.8 Å². The van der Waals surface area contributed by atoms with E-state index >= 15 is 0 Å². The molecule has 8 nitrogen and oxygen atoms in total. The van der Waals surface area contributed by atoms with E-state index in [-0.39, 0.29) is 17.7 Å². The van der Waals surface area contributed by atoms with Crippen molar-refractivity contribution in [1.29, 1.82) is 0 Å². The molecule has 1 N–H and O–H groups in total. The highest BCUT2D eigenvalue weighted by Crippen LogP contribution is 2.26. The lowest BCUT2D eigenvalue weighted by atomic mass is 9.94. The highest BCUT2D eigenvalue weighted by atomic mass is 16.2. The molecule has 8 heteroatoms. The molecule has 1 amide bonds. The van der Waals surface area contributed by atoms with E-state index in [0.717, 1.165) is 25.9 Å². The van der Waals surface area contributed by atoms with Gasteiger partial charge in [0.2, 0.25) is 5.91 Å². The first kappa shape index (κ1) is 17.3. The standard InChI is InChI=1S/C17H25N7O/c1-12-10-18-7-4-15(12)24-8-5-14(6-9-24)17(25)23(3)11-13(2)16-19-21-22-20-16/h4,7,10,13-14H,5-6,8-9,11H2,1-3H3,(H,19,20,21,22). The Labute approximate surface area is 147 Å². The Hall–Kier alpha value is -2.51. The van der Waals surface area contributed by atoms with Gasteiger partial charge in [-0.2, -0.15) is 5.21 Å². The van der Waals surface area contributed by atoms with Crippen molar-refractivity contribution in [1.82, 2.24) is 30.5 Å². The lowest BCUT2D eigenvalue weighted by Crippen LogP contribution is -2.42. The van der Waals surface area contributed by atoms with Gasteiger partial charge in [0, 0.05) is 56.6 Å². The van der Waals surface area contributed by atoms with Crippen LogP contribution in [0.25, 0.3) is 0 Å². The van der Waals surface area contributed by atoms with Gasteiger partial charge in [0.05, 0.1) is 0 Å². The van der Waals surface area contributed by atoms with Crippen LogP contribution in [-0.4, -0.2) is 63.1 Å². The van der Waals surface area contributed by atoms with Gasteiger partial charge in [-0.1, -0.05) is 12.1 Å². The van der Waals surface area contributed by atoms with E-state index in [1.807, 2.05) is 26.4 Å². The maximum Gasteiger partial charge on any atom is 0.225 e. The van der Waals surface area contributed by atoms with E-state index in [2.05, 4.69) is 43.5 Å². The van der Waals surface area contributed by atoms with E-state index in [0.29, 0.717) is 12.4 Å². The van der Waals surface area contributed by atoms with Gasteiger partial charge in [-0.15, -0.1) is 10.2 Å². The number of hydrogen-bond acceptors (Lipinski definition) is 6. The molecule has 1 fully saturated rings. The van der Waals surface area contributed by atoms with Gasteiger partial charge in [0.15, 0.2) is 5.82 Å². The summed E-state index contributed by atoms with van der Waals surface area (Å²) >= 11 is 0. The molecule has 25 heavy (non-hydrogen) atoms. The van der Waals surface area contributed by atoms with Crippen LogP contribution < -0.4 is 4.90 Å². The Balaban J connectivity index is 1.53. The summed E-state index contributed by atoms with van der Waals surface area (Å²) in [5.41, 5.74) is 2.40. The number of aromatic nitrogens is 5. The molecule has 0 bridgehead atoms. The van der Waals surface area contributed by atoms with E-state index in [1.165, 1.54) is 11.3 Å². The number of rotatable bonds is 5. The minimum Gasteiger partial charge on any atom is -0.371 e. The Morgan fingerprint density at radius 1 is 1.44 bits per heavy atom. The number of nitrogens with one attached hydrogen (secondary N) is 1. The van der Waals surface area contributed by atoms with Gasteiger partial charge in [-0.3, -0.25) is 9.78 Å². The second-order valence-electron chi connectivity index (χ2n) is 6.81. The topological polar surface area (TPSA) is 90.9 Å². The number of amides is 1. The van der Waals surface area contributed by atoms with Gasteiger partial charge >= 0.3 is 0 Å². The predicted octanol–water partition coefficient (Wildman–Crippen LogP) is 1.38. The maximum absolute atomic E-state index is 12.7. The second-order valence-corrected chi connectivity index (χ2v) is 6.81. The van der Waals surface area contributed by atoms with Crippen LogP contribution in [0.2, 0.25) is 0 Å². The Bertz CT molecular complexity index is 695. The molecule has 0 radical (unpaired) electrons. The highest BCUT2D eigenvalue weighted by Gasteiger charge is 2.28. The van der Waals surface area contributed by atoms with Crippen molar-refractivity contribution in [2.24, 2.45) is 5.92 Å². The quantitative estimate of drug-likeness (QED) is 0.882. The summed E-state index contributed by atoms with van der Waals surface area (Å²) in [6, 6.07) is 2.05. The van der Waals surface area contributed by atoms with Crippen LogP contribution in [0.15, 0.2) is 18.5 Å². The molecule has 0 aromatic carbocycles. The van der Waals surface area contributed by atoms with E-state index < -0.39 is 0 Å². The second kappa shape index (κ2) is 7.58. The molecule has 1 saturated heterocycles. The number of carbonyl (C=O) groups is 1. The first-order valence-corrected chi connectivity index (χ1v) is 8.70. The molecule has 1 aliphatic heterocycles. The zero-order valence-electron chi connectivity index (χ0n) is 15.0. The number of likely N-dealkylation sites (N-methyl/N-ethyl adjacent to an activating group) is 1. The van der Waals surface area contributed by atoms with E-state index in [1.54, 1.807) is 4.90 Å². The van der Waals surface area contributed by atoms with Crippen molar-refractivity contribution in [2.45, 2.75) is 32.6 Å². The summed E-state index contributed by atoms with van der Waals surface area (Å²) in [5, 5.41) is 14.0. The summed E-state index contributed by atoms with van der Waals surface area (Å²) in [7, 11) is 1.86. The molecule has 1 aliphatic rings. The van der Waals surface area contributed by atoms with Crippen LogP contribution >= 0.6 is 0 Å². The maximum atomic E-state index is 12.7. The molecule has 2 aromatic rings. The van der Waals surface area contributed by atoms with E-state index in [4.69, 9.17) is 0 Å². The first-order valence-electron chi connectivity index (χ1n) is 8.70. The van der Waals surface area contributed by atoms with Crippen LogP contribution in [0.4, 0.5) is 5.69 Å². The largest absolute Gasteiger partial charge is 0.371 e. The summed E-state index contributed by atoms with van der Waals surface area (Å²) < 4.78 is 0. The van der Waals surface area contributed by atoms with Gasteiger partial charge < -0.3 is 9.80 Å². The molecule has 0 saturated carbocycles. The lowest BCUT2D eigenvalue weighted by Gasteiger charge is -2.35. The normalized spacial score (nSPS) is 16.7. The van der Waals surface area contributed by atoms with Crippen LogP contribution in [-0.2, 0) is 4.79 Å². The van der Waals surface area contributed by atoms with Crippen molar-refractivity contribution < 1.29 is 4.79 Å². The number of aryl methyl sites for hydroxylation is 1. The molecule has 3 rings (SSSR count). The molecule has 0 spiro atoms. The number of piperidine rings is 1. The number of hydrogen-bond donors (Lipinski definition) is 1. The fourth-order valence-electron chi connectivity index (χ4n) is 3.46. The van der Waals surface area contributed by atoms with Gasteiger partial charge in [0.1, 0.15) is 0 Å². The minimum absolute atomic E-state index is 0.0623. The minimum atomic E-state index is 0.0623. The first-order chi connectivity index (χ1) is 12.1. The summed E-state index contributed by atoms with van der Waals surface area (Å²) in [6.07, 6.45) is 5.47. The average molecular weight is 343 g/mol. The Kier molecular flexibility index (Phi) is 5.25. The number of anilines is 1. The number of H-pyrrole nitrogens is 1. The fraction of sp³-hybridized carbons (Fsp3) is 0.588. The molecular formula is C17H25N7O. The monoisotopic (exact) mass is 343 g/mol.